The van der Waals surface area contributed by atoms with Crippen LogP contribution in [0.5, 0.6) is 0 Å². The van der Waals surface area contributed by atoms with Crippen LogP contribution in [0.2, 0.25) is 0 Å². The molecule has 2 aromatic heterocycles. The summed E-state index contributed by atoms with van der Waals surface area (Å²) in [5.74, 6) is 0.423. The lowest BCUT2D eigenvalue weighted by molar-refractivity contribution is 0.0922. The molecule has 0 fully saturated rings. The van der Waals surface area contributed by atoms with Crippen LogP contribution in [0, 0.1) is 6.92 Å². The van der Waals surface area contributed by atoms with Gasteiger partial charge in [0.2, 0.25) is 0 Å². The summed E-state index contributed by atoms with van der Waals surface area (Å²) in [6.45, 7) is 1.69. The summed E-state index contributed by atoms with van der Waals surface area (Å²) in [6.07, 6.45) is 4.51. The van der Waals surface area contributed by atoms with Gasteiger partial charge in [0.1, 0.15) is 5.69 Å². The van der Waals surface area contributed by atoms with Gasteiger partial charge in [-0.25, -0.2) is 14.6 Å². The molecule has 25 heavy (non-hydrogen) atoms. The topological polar surface area (TPSA) is 93.8 Å². The maximum atomic E-state index is 12.4. The van der Waals surface area contributed by atoms with Gasteiger partial charge in [-0.05, 0) is 31.3 Å². The van der Waals surface area contributed by atoms with Crippen LogP contribution in [0.15, 0.2) is 41.2 Å². The van der Waals surface area contributed by atoms with Crippen LogP contribution in [-0.2, 0) is 6.42 Å². The number of hydrogen-bond donors (Lipinski definition) is 1. The number of amides is 1. The number of aromatic nitrogens is 4. The highest BCUT2D eigenvalue weighted by molar-refractivity contribution is 5.93. The Bertz CT molecular complexity index is 907. The van der Waals surface area contributed by atoms with Crippen molar-refractivity contribution in [1.82, 2.24) is 25.6 Å². The lowest BCUT2D eigenvalue weighted by atomic mass is 9.92. The van der Waals surface area contributed by atoms with Crippen molar-refractivity contribution in [3.63, 3.8) is 0 Å². The highest BCUT2D eigenvalue weighted by Crippen LogP contribution is 2.29. The smallest absolute Gasteiger partial charge is 0.275 e. The Kier molecular flexibility index (Phi) is 3.97. The van der Waals surface area contributed by atoms with E-state index >= 15 is 0 Å². The van der Waals surface area contributed by atoms with Crippen LogP contribution >= 0.6 is 0 Å². The Morgan fingerprint density at radius 3 is 2.84 bits per heavy atom. The monoisotopic (exact) mass is 335 g/mol. The van der Waals surface area contributed by atoms with Crippen molar-refractivity contribution in [2.45, 2.75) is 32.2 Å². The fraction of sp³-hybridized carbons (Fsp3) is 0.278. The molecule has 1 atom stereocenters. The number of carbonyl (C=O) groups excluding carboxylic acids is 1. The third-order valence-corrected chi connectivity index (χ3v) is 4.39. The zero-order valence-corrected chi connectivity index (χ0v) is 13.8. The van der Waals surface area contributed by atoms with E-state index in [-0.39, 0.29) is 17.6 Å². The zero-order valence-electron chi connectivity index (χ0n) is 13.8. The first-order valence-corrected chi connectivity index (χ1v) is 8.23. The summed E-state index contributed by atoms with van der Waals surface area (Å²) in [7, 11) is 0. The molecule has 0 radical (unpaired) electrons. The van der Waals surface area contributed by atoms with Crippen molar-refractivity contribution in [2.75, 3.05) is 0 Å². The molecule has 0 bridgehead atoms. The zero-order chi connectivity index (χ0) is 17.2. The molecule has 7 nitrogen and oxygen atoms in total. The highest BCUT2D eigenvalue weighted by Gasteiger charge is 2.26. The Hall–Kier alpha value is -3.09. The normalized spacial score (nSPS) is 16.3. The molecule has 1 aliphatic rings. The van der Waals surface area contributed by atoms with Crippen molar-refractivity contribution >= 4 is 5.91 Å². The number of nitrogens with zero attached hydrogens (tertiary/aromatic N) is 4. The van der Waals surface area contributed by atoms with Gasteiger partial charge in [0.25, 0.3) is 5.91 Å². The minimum absolute atomic E-state index is 0.128. The average molecular weight is 335 g/mol. The molecule has 0 aliphatic heterocycles. The molecule has 2 heterocycles. The fourth-order valence-corrected chi connectivity index (χ4v) is 3.09. The maximum absolute atomic E-state index is 12.4. The molecule has 1 N–H and O–H groups in total. The molecule has 0 unspecified atom stereocenters. The molecule has 4 rings (SSSR count). The third-order valence-electron chi connectivity index (χ3n) is 4.39. The van der Waals surface area contributed by atoms with Crippen molar-refractivity contribution in [3.8, 4) is 11.4 Å². The van der Waals surface area contributed by atoms with E-state index in [1.165, 1.54) is 0 Å². The average Bonchev–Trinajstić information content (AvgIpc) is 3.08. The number of benzene rings is 1. The first-order valence-electron chi connectivity index (χ1n) is 8.23. The van der Waals surface area contributed by atoms with Crippen molar-refractivity contribution < 1.29 is 9.42 Å². The van der Waals surface area contributed by atoms with Gasteiger partial charge in [0.05, 0.1) is 6.04 Å². The van der Waals surface area contributed by atoms with E-state index in [2.05, 4.69) is 25.2 Å². The Labute approximate surface area is 144 Å². The van der Waals surface area contributed by atoms with Gasteiger partial charge in [-0.2, -0.15) is 0 Å². The van der Waals surface area contributed by atoms with Crippen molar-refractivity contribution in [1.29, 1.82) is 0 Å². The lowest BCUT2D eigenvalue weighted by Crippen LogP contribution is -2.32. The standard InChI is InChI=1S/C18H17N5O2/c1-11-16(23-25-22-11)18(24)21-15-9-5-8-14-13(15)10-19-17(20-14)12-6-3-2-4-7-12/h2-4,6-7,10,15H,5,8-9H2,1H3,(H,21,24)/t15-/m0/s1. The quantitative estimate of drug-likeness (QED) is 0.791. The predicted molar refractivity (Wildman–Crippen MR) is 89.6 cm³/mol. The summed E-state index contributed by atoms with van der Waals surface area (Å²) in [5, 5.41) is 10.3. The molecule has 0 saturated carbocycles. The van der Waals surface area contributed by atoms with E-state index in [1.807, 2.05) is 36.5 Å². The molecule has 1 aliphatic carbocycles. The second-order valence-corrected chi connectivity index (χ2v) is 6.08. The molecule has 0 spiro atoms. The minimum atomic E-state index is -0.288. The first kappa shape index (κ1) is 15.4. The lowest BCUT2D eigenvalue weighted by Gasteiger charge is -2.25. The largest absolute Gasteiger partial charge is 0.344 e. The molecule has 126 valence electrons. The number of aryl methyl sites for hydroxylation is 2. The van der Waals surface area contributed by atoms with Gasteiger partial charge in [-0.3, -0.25) is 4.79 Å². The summed E-state index contributed by atoms with van der Waals surface area (Å²) < 4.78 is 4.60. The molecular formula is C18H17N5O2. The Morgan fingerprint density at radius 2 is 2.08 bits per heavy atom. The number of hydrogen-bond acceptors (Lipinski definition) is 6. The van der Waals surface area contributed by atoms with Gasteiger partial charge in [0.15, 0.2) is 11.5 Å². The fourth-order valence-electron chi connectivity index (χ4n) is 3.09. The Balaban J connectivity index is 1.60. The molecule has 1 amide bonds. The van der Waals surface area contributed by atoms with Gasteiger partial charge in [-0.15, -0.1) is 0 Å². The van der Waals surface area contributed by atoms with E-state index in [0.29, 0.717) is 11.5 Å². The summed E-state index contributed by atoms with van der Waals surface area (Å²) in [6, 6.07) is 9.75. The highest BCUT2D eigenvalue weighted by atomic mass is 16.6. The summed E-state index contributed by atoms with van der Waals surface area (Å²) >= 11 is 0. The SMILES string of the molecule is Cc1nonc1C(=O)N[C@H]1CCCc2nc(-c3ccccc3)ncc21. The second-order valence-electron chi connectivity index (χ2n) is 6.08. The molecular weight excluding hydrogens is 318 g/mol. The summed E-state index contributed by atoms with van der Waals surface area (Å²) in [5.41, 5.74) is 3.63. The predicted octanol–water partition coefficient (Wildman–Crippen LogP) is 2.64. The number of carbonyl (C=O) groups is 1. The van der Waals surface area contributed by atoms with Gasteiger partial charge >= 0.3 is 0 Å². The second kappa shape index (κ2) is 6.43. The van der Waals surface area contributed by atoms with E-state index in [4.69, 9.17) is 4.98 Å². The molecule has 1 aromatic carbocycles. The number of fused-ring (bicyclic) bond motifs is 1. The third kappa shape index (κ3) is 3.00. The van der Waals surface area contributed by atoms with Crippen LogP contribution < -0.4 is 5.32 Å². The molecule has 3 aromatic rings. The van der Waals surface area contributed by atoms with E-state index in [9.17, 15) is 4.79 Å². The molecule has 7 heteroatoms. The Morgan fingerprint density at radius 1 is 1.24 bits per heavy atom. The minimum Gasteiger partial charge on any atom is -0.344 e. The molecule has 0 saturated heterocycles. The first-order chi connectivity index (χ1) is 12.2. The van der Waals surface area contributed by atoms with Crippen LogP contribution in [0.1, 0.15) is 46.3 Å². The van der Waals surface area contributed by atoms with E-state index in [0.717, 1.165) is 36.1 Å². The van der Waals surface area contributed by atoms with E-state index in [1.54, 1.807) is 6.92 Å². The maximum Gasteiger partial charge on any atom is 0.275 e. The van der Waals surface area contributed by atoms with Crippen LogP contribution in [0.4, 0.5) is 0 Å². The van der Waals surface area contributed by atoms with E-state index < -0.39 is 0 Å². The van der Waals surface area contributed by atoms with Gasteiger partial charge < -0.3 is 5.32 Å². The van der Waals surface area contributed by atoms with Gasteiger partial charge in [0, 0.05) is 23.0 Å². The number of rotatable bonds is 3. The number of nitrogens with one attached hydrogen (secondary N) is 1. The van der Waals surface area contributed by atoms with Crippen molar-refractivity contribution in [3.05, 3.63) is 59.2 Å². The van der Waals surface area contributed by atoms with Crippen LogP contribution in [0.25, 0.3) is 11.4 Å². The van der Waals surface area contributed by atoms with Crippen molar-refractivity contribution in [2.24, 2.45) is 0 Å². The van der Waals surface area contributed by atoms with Crippen LogP contribution in [-0.4, -0.2) is 26.2 Å². The summed E-state index contributed by atoms with van der Waals surface area (Å²) in [4.78, 5) is 21.6. The van der Waals surface area contributed by atoms with Crippen LogP contribution in [0.3, 0.4) is 0 Å². The van der Waals surface area contributed by atoms with Gasteiger partial charge in [-0.1, -0.05) is 35.5 Å².